The molecule has 3 N–H and O–H groups in total. The van der Waals surface area contributed by atoms with Crippen LogP contribution in [0.15, 0.2) is 61.6 Å². The van der Waals surface area contributed by atoms with Gasteiger partial charge in [-0.2, -0.15) is 4.31 Å². The van der Waals surface area contributed by atoms with Crippen molar-refractivity contribution >= 4 is 38.8 Å². The molecule has 0 aliphatic carbocycles. The number of H-pyrrole nitrogens is 1. The lowest BCUT2D eigenvalue weighted by molar-refractivity contribution is -0.118. The number of hydrogen-bond donors (Lipinski definition) is 2. The molecule has 0 fully saturated rings. The maximum atomic E-state index is 12.8. The van der Waals surface area contributed by atoms with Crippen molar-refractivity contribution in [3.63, 3.8) is 0 Å². The van der Waals surface area contributed by atoms with Crippen molar-refractivity contribution in [2.45, 2.75) is 10.8 Å². The second kappa shape index (κ2) is 8.88. The fourth-order valence-electron chi connectivity index (χ4n) is 2.89. The van der Waals surface area contributed by atoms with Gasteiger partial charge >= 0.3 is 5.69 Å². The highest BCUT2D eigenvalue weighted by Crippen LogP contribution is 2.21. The Morgan fingerprint density at radius 2 is 1.81 bits per heavy atom. The van der Waals surface area contributed by atoms with Gasteiger partial charge in [-0.1, -0.05) is 36.4 Å². The average molecular weight is 464 g/mol. The molecule has 0 unspecified atom stereocenters. The molecule has 0 aliphatic rings. The molecule has 0 aliphatic heterocycles. The summed E-state index contributed by atoms with van der Waals surface area (Å²) in [6, 6.07) is 12.0. The number of nitrogens with zero attached hydrogens (tertiary/aromatic N) is 3. The second-order valence-corrected chi connectivity index (χ2v) is 9.93. The van der Waals surface area contributed by atoms with Crippen LogP contribution in [0.2, 0.25) is 0 Å². The standard InChI is InChI=1S/C19H21N5O5S2/c1-22(31(28,29)15-9-6-10-30-15)12-14(25)23(2)16-17(20)24(19(27)21-18(16)26)11-13-7-4-3-5-8-13/h3-10H,11-12,20H2,1-2H3,(H,21,26,27). The molecule has 12 heteroatoms. The Kier molecular flexibility index (Phi) is 6.43. The minimum Gasteiger partial charge on any atom is -0.383 e. The summed E-state index contributed by atoms with van der Waals surface area (Å²) in [4.78, 5) is 40.6. The number of sulfonamides is 1. The molecule has 2 aromatic heterocycles. The molecule has 1 aromatic carbocycles. The largest absolute Gasteiger partial charge is 0.383 e. The maximum Gasteiger partial charge on any atom is 0.330 e. The number of likely N-dealkylation sites (N-methyl/N-ethyl adjacent to an activating group) is 2. The summed E-state index contributed by atoms with van der Waals surface area (Å²) >= 11 is 1.03. The SMILES string of the molecule is CN(C(=O)CN(C)S(=O)(=O)c1cccs1)c1c(N)n(Cc2ccccc2)c(=O)[nH]c1=O. The van der Waals surface area contributed by atoms with Crippen LogP contribution in [-0.2, 0) is 21.4 Å². The van der Waals surface area contributed by atoms with E-state index in [0.29, 0.717) is 0 Å². The number of nitrogen functional groups attached to an aromatic ring is 1. The molecule has 0 atom stereocenters. The Balaban J connectivity index is 1.89. The van der Waals surface area contributed by atoms with Gasteiger partial charge in [-0.05, 0) is 17.0 Å². The number of thiophene rings is 1. The quantitative estimate of drug-likeness (QED) is 0.524. The molecular formula is C19H21N5O5S2. The van der Waals surface area contributed by atoms with Crippen molar-refractivity contribution in [1.29, 1.82) is 0 Å². The number of carbonyl (C=O) groups is 1. The lowest BCUT2D eigenvalue weighted by atomic mass is 10.2. The molecule has 3 rings (SSSR count). The van der Waals surface area contributed by atoms with Gasteiger partial charge in [0.05, 0.1) is 13.1 Å². The van der Waals surface area contributed by atoms with Gasteiger partial charge in [0.1, 0.15) is 10.0 Å². The van der Waals surface area contributed by atoms with Gasteiger partial charge < -0.3 is 10.6 Å². The van der Waals surface area contributed by atoms with Crippen molar-refractivity contribution < 1.29 is 13.2 Å². The van der Waals surface area contributed by atoms with E-state index in [4.69, 9.17) is 5.73 Å². The van der Waals surface area contributed by atoms with Crippen LogP contribution in [0.1, 0.15) is 5.56 Å². The predicted molar refractivity (Wildman–Crippen MR) is 119 cm³/mol. The van der Waals surface area contributed by atoms with Crippen LogP contribution in [0.3, 0.4) is 0 Å². The number of aromatic nitrogens is 2. The molecule has 31 heavy (non-hydrogen) atoms. The Morgan fingerprint density at radius 1 is 1.13 bits per heavy atom. The number of nitrogens with one attached hydrogen (secondary N) is 1. The third-order valence-corrected chi connectivity index (χ3v) is 7.80. The van der Waals surface area contributed by atoms with Crippen LogP contribution < -0.4 is 21.9 Å². The second-order valence-electron chi connectivity index (χ2n) is 6.71. The Hall–Kier alpha value is -3.22. The van der Waals surface area contributed by atoms with E-state index in [9.17, 15) is 22.8 Å². The van der Waals surface area contributed by atoms with Gasteiger partial charge in [-0.15, -0.1) is 11.3 Å². The van der Waals surface area contributed by atoms with Crippen LogP contribution in [0.4, 0.5) is 11.5 Å². The van der Waals surface area contributed by atoms with Gasteiger partial charge in [-0.3, -0.25) is 19.1 Å². The van der Waals surface area contributed by atoms with E-state index in [-0.39, 0.29) is 22.3 Å². The van der Waals surface area contributed by atoms with E-state index in [1.807, 2.05) is 6.07 Å². The van der Waals surface area contributed by atoms with Gasteiger partial charge in [0.2, 0.25) is 5.91 Å². The molecule has 10 nitrogen and oxygen atoms in total. The number of rotatable bonds is 7. The molecule has 0 saturated heterocycles. The molecule has 0 spiro atoms. The number of nitrogens with two attached hydrogens (primary N) is 1. The highest BCUT2D eigenvalue weighted by Gasteiger charge is 2.27. The van der Waals surface area contributed by atoms with E-state index in [1.54, 1.807) is 35.7 Å². The summed E-state index contributed by atoms with van der Waals surface area (Å²) in [7, 11) is -1.28. The Labute approximate surface area is 182 Å². The molecule has 164 valence electrons. The number of benzene rings is 1. The van der Waals surface area contributed by atoms with E-state index in [1.165, 1.54) is 20.2 Å². The average Bonchev–Trinajstić information content (AvgIpc) is 3.27. The first-order valence-corrected chi connectivity index (χ1v) is 11.4. The Bertz CT molecular complexity index is 1300. The number of amides is 1. The van der Waals surface area contributed by atoms with E-state index < -0.39 is 33.7 Å². The fraction of sp³-hybridized carbons (Fsp3) is 0.211. The topological polar surface area (TPSA) is 139 Å². The molecule has 2 heterocycles. The van der Waals surface area contributed by atoms with E-state index in [2.05, 4.69) is 4.98 Å². The first kappa shape index (κ1) is 22.5. The van der Waals surface area contributed by atoms with Crippen LogP contribution in [-0.4, -0.2) is 48.8 Å². The van der Waals surface area contributed by atoms with Crippen LogP contribution in [0.25, 0.3) is 0 Å². The molecule has 1 amide bonds. The summed E-state index contributed by atoms with van der Waals surface area (Å²) in [6.07, 6.45) is 0. The lowest BCUT2D eigenvalue weighted by Crippen LogP contribution is -2.43. The number of hydrogen-bond acceptors (Lipinski definition) is 7. The Morgan fingerprint density at radius 3 is 2.42 bits per heavy atom. The smallest absolute Gasteiger partial charge is 0.330 e. The maximum absolute atomic E-state index is 12.8. The number of aromatic amines is 1. The fourth-order valence-corrected chi connectivity index (χ4v) is 5.22. The van der Waals surface area contributed by atoms with Crippen LogP contribution in [0, 0.1) is 0 Å². The first-order chi connectivity index (χ1) is 14.6. The highest BCUT2D eigenvalue weighted by molar-refractivity contribution is 7.91. The summed E-state index contributed by atoms with van der Waals surface area (Å²) in [5.41, 5.74) is 5.06. The minimum atomic E-state index is -3.85. The van der Waals surface area contributed by atoms with E-state index in [0.717, 1.165) is 30.7 Å². The van der Waals surface area contributed by atoms with Gasteiger partial charge in [0.15, 0.2) is 5.69 Å². The van der Waals surface area contributed by atoms with Crippen LogP contribution in [0.5, 0.6) is 0 Å². The molecule has 3 aromatic rings. The zero-order chi connectivity index (χ0) is 22.8. The minimum absolute atomic E-state index is 0.0873. The van der Waals surface area contributed by atoms with Crippen molar-refractivity contribution in [2.75, 3.05) is 31.3 Å². The molecule has 0 bridgehead atoms. The van der Waals surface area contributed by atoms with Gasteiger partial charge in [-0.25, -0.2) is 13.2 Å². The predicted octanol–water partition coefficient (Wildman–Crippen LogP) is 0.512. The zero-order valence-corrected chi connectivity index (χ0v) is 18.4. The third-order valence-electron chi connectivity index (χ3n) is 4.62. The van der Waals surface area contributed by atoms with Crippen molar-refractivity contribution in [2.24, 2.45) is 0 Å². The summed E-state index contributed by atoms with van der Waals surface area (Å²) in [5.74, 6) is -0.887. The highest BCUT2D eigenvalue weighted by atomic mass is 32.2. The van der Waals surface area contributed by atoms with Gasteiger partial charge in [0, 0.05) is 14.1 Å². The molecule has 0 radical (unpaired) electrons. The van der Waals surface area contributed by atoms with Gasteiger partial charge in [0.25, 0.3) is 15.6 Å². The monoisotopic (exact) mass is 463 g/mol. The van der Waals surface area contributed by atoms with Crippen molar-refractivity contribution in [3.05, 3.63) is 74.2 Å². The summed E-state index contributed by atoms with van der Waals surface area (Å²) < 4.78 is 27.2. The molecular weight excluding hydrogens is 442 g/mol. The molecule has 0 saturated carbocycles. The van der Waals surface area contributed by atoms with Crippen molar-refractivity contribution in [3.8, 4) is 0 Å². The first-order valence-electron chi connectivity index (χ1n) is 9.06. The number of carbonyl (C=O) groups excluding carboxylic acids is 1. The lowest BCUT2D eigenvalue weighted by Gasteiger charge is -2.23. The van der Waals surface area contributed by atoms with Crippen molar-refractivity contribution in [1.82, 2.24) is 13.9 Å². The summed E-state index contributed by atoms with van der Waals surface area (Å²) in [6.45, 7) is -0.433. The van der Waals surface area contributed by atoms with Crippen LogP contribution >= 0.6 is 11.3 Å². The number of anilines is 2. The van der Waals surface area contributed by atoms with E-state index >= 15 is 0 Å². The zero-order valence-electron chi connectivity index (χ0n) is 16.8. The third kappa shape index (κ3) is 4.60. The summed E-state index contributed by atoms with van der Waals surface area (Å²) in [5, 5.41) is 1.62. The normalized spacial score (nSPS) is 11.6.